The maximum Gasteiger partial charge on any atom is 0.261 e. The van der Waals surface area contributed by atoms with Gasteiger partial charge in [-0.3, -0.25) is 4.79 Å². The average molecular weight is 271 g/mol. The van der Waals surface area contributed by atoms with Crippen molar-refractivity contribution in [2.75, 3.05) is 18.0 Å². The second kappa shape index (κ2) is 5.27. The minimum atomic E-state index is 0.0539. The van der Waals surface area contributed by atoms with Gasteiger partial charge in [0.25, 0.3) is 5.56 Å². The third-order valence-electron chi connectivity index (χ3n) is 4.11. The second-order valence-corrected chi connectivity index (χ2v) is 5.53. The zero-order valence-electron chi connectivity index (χ0n) is 12.2. The highest BCUT2D eigenvalue weighted by molar-refractivity contribution is 5.91. The van der Waals surface area contributed by atoms with E-state index in [4.69, 9.17) is 4.98 Å². The normalized spacial score (nSPS) is 15.8. The first-order valence-corrected chi connectivity index (χ1v) is 7.45. The van der Waals surface area contributed by atoms with Crippen LogP contribution in [0.5, 0.6) is 0 Å². The maximum absolute atomic E-state index is 12.5. The Morgan fingerprint density at radius 3 is 2.70 bits per heavy atom. The van der Waals surface area contributed by atoms with Crippen LogP contribution in [0.1, 0.15) is 31.9 Å². The van der Waals surface area contributed by atoms with Crippen LogP contribution in [-0.2, 0) is 13.5 Å². The molecule has 3 rings (SSSR count). The van der Waals surface area contributed by atoms with Crippen molar-refractivity contribution in [3.05, 3.63) is 34.4 Å². The molecule has 0 aromatic carbocycles. The largest absolute Gasteiger partial charge is 0.356 e. The molecule has 2 aromatic rings. The molecule has 1 aliphatic heterocycles. The van der Waals surface area contributed by atoms with E-state index in [0.29, 0.717) is 0 Å². The van der Waals surface area contributed by atoms with E-state index in [1.165, 1.54) is 19.3 Å². The molecule has 20 heavy (non-hydrogen) atoms. The Hall–Kier alpha value is -1.84. The van der Waals surface area contributed by atoms with Gasteiger partial charge in [-0.15, -0.1) is 0 Å². The molecule has 1 fully saturated rings. The van der Waals surface area contributed by atoms with Crippen molar-refractivity contribution >= 4 is 16.6 Å². The lowest BCUT2D eigenvalue weighted by Gasteiger charge is -2.29. The van der Waals surface area contributed by atoms with Gasteiger partial charge in [-0.25, -0.2) is 4.98 Å². The Labute approximate surface area is 119 Å². The molecular formula is C16H21N3O. The van der Waals surface area contributed by atoms with Gasteiger partial charge in [-0.05, 0) is 43.2 Å². The minimum absolute atomic E-state index is 0.0539. The van der Waals surface area contributed by atoms with Gasteiger partial charge in [0.05, 0.1) is 5.39 Å². The minimum Gasteiger partial charge on any atom is -0.356 e. The van der Waals surface area contributed by atoms with Crippen LogP contribution in [0.25, 0.3) is 10.8 Å². The lowest BCUT2D eigenvalue weighted by atomic mass is 10.1. The number of aromatic nitrogens is 2. The van der Waals surface area contributed by atoms with E-state index in [-0.39, 0.29) is 5.56 Å². The summed E-state index contributed by atoms with van der Waals surface area (Å²) in [7, 11) is 1.80. The van der Waals surface area contributed by atoms with Gasteiger partial charge in [0, 0.05) is 32.0 Å². The highest BCUT2D eigenvalue weighted by Crippen LogP contribution is 2.25. The Balaban J connectivity index is 2.26. The predicted octanol–water partition coefficient (Wildman–Crippen LogP) is 2.49. The molecule has 0 spiro atoms. The van der Waals surface area contributed by atoms with Gasteiger partial charge in [-0.2, -0.15) is 0 Å². The summed E-state index contributed by atoms with van der Waals surface area (Å²) in [6, 6.07) is 4.06. The van der Waals surface area contributed by atoms with Gasteiger partial charge < -0.3 is 9.47 Å². The zero-order chi connectivity index (χ0) is 14.1. The summed E-state index contributed by atoms with van der Waals surface area (Å²) in [4.78, 5) is 19.5. The quantitative estimate of drug-likeness (QED) is 0.842. The number of anilines is 1. The molecule has 0 radical (unpaired) electrons. The Morgan fingerprint density at radius 1 is 1.25 bits per heavy atom. The molecule has 1 aliphatic rings. The molecule has 0 N–H and O–H groups in total. The van der Waals surface area contributed by atoms with Crippen LogP contribution in [-0.4, -0.2) is 22.6 Å². The van der Waals surface area contributed by atoms with Crippen LogP contribution in [0.4, 0.5) is 5.82 Å². The van der Waals surface area contributed by atoms with Crippen LogP contribution in [0.15, 0.2) is 23.1 Å². The summed E-state index contributed by atoms with van der Waals surface area (Å²) in [5.41, 5.74) is 1.12. The summed E-state index contributed by atoms with van der Waals surface area (Å²) in [5, 5.41) is 1.79. The highest BCUT2D eigenvalue weighted by Gasteiger charge is 2.18. The number of rotatable bonds is 2. The Morgan fingerprint density at radius 2 is 2.00 bits per heavy atom. The maximum atomic E-state index is 12.5. The number of hydrogen-bond donors (Lipinski definition) is 0. The first-order valence-electron chi connectivity index (χ1n) is 7.45. The summed E-state index contributed by atoms with van der Waals surface area (Å²) in [6.45, 7) is 4.12. The number of hydrogen-bond acceptors (Lipinski definition) is 3. The third kappa shape index (κ3) is 2.19. The summed E-state index contributed by atoms with van der Waals surface area (Å²) in [6.07, 6.45) is 6.38. The molecule has 3 heterocycles. The molecule has 0 amide bonds. The number of aryl methyl sites for hydroxylation is 2. The number of nitrogens with zero attached hydrogens (tertiary/aromatic N) is 3. The molecule has 106 valence electrons. The van der Waals surface area contributed by atoms with E-state index in [0.717, 1.165) is 41.8 Å². The fraction of sp³-hybridized carbons (Fsp3) is 0.500. The molecule has 1 saturated heterocycles. The number of pyridine rings is 2. The van der Waals surface area contributed by atoms with Crippen molar-refractivity contribution < 1.29 is 0 Å². The Bertz CT molecular complexity index is 684. The second-order valence-electron chi connectivity index (χ2n) is 5.53. The molecule has 4 nitrogen and oxygen atoms in total. The predicted molar refractivity (Wildman–Crippen MR) is 82.4 cm³/mol. The smallest absolute Gasteiger partial charge is 0.261 e. The lowest BCUT2D eigenvalue weighted by Crippen LogP contribution is -2.32. The van der Waals surface area contributed by atoms with Gasteiger partial charge in [0.15, 0.2) is 0 Å². The first-order chi connectivity index (χ1) is 9.70. The molecule has 0 unspecified atom stereocenters. The molecule has 0 saturated carbocycles. The standard InChI is InChI=1S/C16H21N3O/c1-3-13-11-12-7-10-18(2)16(20)14(12)15(17-13)19-8-5-4-6-9-19/h7,10-11H,3-6,8-9H2,1-2H3. The summed E-state index contributed by atoms with van der Waals surface area (Å²) in [5.74, 6) is 0.889. The number of fused-ring (bicyclic) bond motifs is 1. The van der Waals surface area contributed by atoms with E-state index in [2.05, 4.69) is 11.8 Å². The van der Waals surface area contributed by atoms with Crippen molar-refractivity contribution in [2.24, 2.45) is 7.05 Å². The van der Waals surface area contributed by atoms with Crippen LogP contribution in [0.3, 0.4) is 0 Å². The van der Waals surface area contributed by atoms with Crippen molar-refractivity contribution in [3.8, 4) is 0 Å². The third-order valence-corrected chi connectivity index (χ3v) is 4.11. The number of piperidine rings is 1. The van der Waals surface area contributed by atoms with Gasteiger partial charge in [0.2, 0.25) is 0 Å². The van der Waals surface area contributed by atoms with Gasteiger partial charge in [0.1, 0.15) is 5.82 Å². The van der Waals surface area contributed by atoms with Crippen LogP contribution in [0, 0.1) is 0 Å². The van der Waals surface area contributed by atoms with E-state index < -0.39 is 0 Å². The molecule has 0 bridgehead atoms. The van der Waals surface area contributed by atoms with E-state index in [1.54, 1.807) is 11.6 Å². The van der Waals surface area contributed by atoms with E-state index >= 15 is 0 Å². The fourth-order valence-corrected chi connectivity index (χ4v) is 2.91. The Kier molecular flexibility index (Phi) is 3.47. The summed E-state index contributed by atoms with van der Waals surface area (Å²) >= 11 is 0. The van der Waals surface area contributed by atoms with Crippen molar-refractivity contribution in [2.45, 2.75) is 32.6 Å². The molecule has 4 heteroatoms. The first kappa shape index (κ1) is 13.2. The van der Waals surface area contributed by atoms with E-state index in [9.17, 15) is 4.79 Å². The van der Waals surface area contributed by atoms with Crippen molar-refractivity contribution in [3.63, 3.8) is 0 Å². The fourth-order valence-electron chi connectivity index (χ4n) is 2.91. The zero-order valence-corrected chi connectivity index (χ0v) is 12.2. The molecule has 0 aliphatic carbocycles. The van der Waals surface area contributed by atoms with Crippen LogP contribution < -0.4 is 10.5 Å². The van der Waals surface area contributed by atoms with Crippen LogP contribution >= 0.6 is 0 Å². The molecule has 2 aromatic heterocycles. The topological polar surface area (TPSA) is 38.1 Å². The van der Waals surface area contributed by atoms with Crippen molar-refractivity contribution in [1.82, 2.24) is 9.55 Å². The highest BCUT2D eigenvalue weighted by atomic mass is 16.1. The monoisotopic (exact) mass is 271 g/mol. The van der Waals surface area contributed by atoms with E-state index in [1.807, 2.05) is 18.3 Å². The average Bonchev–Trinajstić information content (AvgIpc) is 2.51. The summed E-state index contributed by atoms with van der Waals surface area (Å²) < 4.78 is 1.64. The van der Waals surface area contributed by atoms with Gasteiger partial charge >= 0.3 is 0 Å². The van der Waals surface area contributed by atoms with Gasteiger partial charge in [-0.1, -0.05) is 6.92 Å². The van der Waals surface area contributed by atoms with Crippen LogP contribution in [0.2, 0.25) is 0 Å². The molecule has 0 atom stereocenters. The van der Waals surface area contributed by atoms with Crippen molar-refractivity contribution in [1.29, 1.82) is 0 Å². The molecular weight excluding hydrogens is 250 g/mol. The lowest BCUT2D eigenvalue weighted by molar-refractivity contribution is 0.574. The SMILES string of the molecule is CCc1cc2ccn(C)c(=O)c2c(N2CCCCC2)n1.